The highest BCUT2D eigenvalue weighted by molar-refractivity contribution is 7.83. The van der Waals surface area contributed by atoms with Gasteiger partial charge < -0.3 is 68.6 Å². The second-order valence-electron chi connectivity index (χ2n) is 35.6. The fourth-order valence-electron chi connectivity index (χ4n) is 15.2. The van der Waals surface area contributed by atoms with E-state index in [0.29, 0.717) is 18.0 Å². The second-order valence-corrected chi connectivity index (χ2v) is 51.9. The minimum atomic E-state index is 0.216. The first kappa shape index (κ1) is 150. The molecule has 141 heavy (non-hydrogen) atoms. The van der Waals surface area contributed by atoms with Crippen molar-refractivity contribution in [3.05, 3.63) is 132 Å². The van der Waals surface area contributed by atoms with Crippen LogP contribution < -0.4 is 9.80 Å². The number of thiocarbonyl (C=S) groups is 14. The van der Waals surface area contributed by atoms with Crippen LogP contribution in [0, 0.1) is 5.92 Å². The first-order chi connectivity index (χ1) is 66.5. The maximum Gasteiger partial charge on any atom is 0.113 e. The molecular formula is C99H200N14S14Si14. The summed E-state index contributed by atoms with van der Waals surface area (Å²) in [6, 6.07) is 43.0. The maximum absolute atomic E-state index is 5.57. The lowest BCUT2D eigenvalue weighted by Crippen LogP contribution is -2.44. The molecule has 0 atom stereocenters. The predicted octanol–water partition coefficient (Wildman–Crippen LogP) is 6.93. The van der Waals surface area contributed by atoms with Gasteiger partial charge >= 0.3 is 0 Å². The highest BCUT2D eigenvalue weighted by atomic mass is 32.1. The molecule has 0 radical (unpaired) electrons. The van der Waals surface area contributed by atoms with Crippen molar-refractivity contribution in [3.63, 3.8) is 0 Å². The molecule has 3 saturated heterocycles. The molecule has 4 aliphatic rings. The molecule has 4 fully saturated rings. The number of hydrogen-bond acceptors (Lipinski definition) is 15. The van der Waals surface area contributed by atoms with Gasteiger partial charge in [0.05, 0.1) is 54.9 Å². The fourth-order valence-corrected chi connectivity index (χ4v) is 34.7. The standard InChI is InChI=1S/C14H15NSSi.C10H15NSSi.C9H13NSSi.C8H17NSSi.C8H19NSSi.C7H15NSSi.C7H17NSSi.C6H13NSSi.C6H15NSSi.C5H11NSSi.3C5H13NSSi.C4H11NSSi/c16-14(12-7-3-1-4-8-12)15(11-17)13-9-5-2-6-10-13;1-2-11(8-13)10(12)9-6-4-3-5-7-9;1-8(11)10(7-12)9-5-3-2-4-6-9;1-7(10)9(6-11)8-4-2-3-5-8;1-6(2)8(10)9(5-11)7(3)4;9-7-3-1-2-4-8(5-7)6-10;1-6(9)8(5-10)7(2,3)4;8-6-3-1-2-4-7(6)5-9;1-5(2)7(4-9)6(3)8;7-5-2-1-3-6(5)4-8;3*1-3-6(4-8)5(2)7;1-4(6)5(2)3-7/h1-10H,11H2,17H3;3-7H,2,8H2,1,13H3;2-6H,7H2,1,12H3;8H,2-6H2,1,11H3;6-7H,5H2,1-4,11H3;1-6H2,10H3;5H2,1-4,10H3;1-5H2,9H3;5H,4H2,1-3,9H3;1-4H2,8H3;3*3-4H2,1-2,8H3;3H2,1-2,7H3. The molecule has 1 saturated carbocycles. The van der Waals surface area contributed by atoms with E-state index in [9.17, 15) is 0 Å². The monoisotopic (exact) mass is 2420 g/mol. The molecule has 3 heterocycles. The van der Waals surface area contributed by atoms with Crippen molar-refractivity contribution < 1.29 is 0 Å². The summed E-state index contributed by atoms with van der Waals surface area (Å²) in [6.07, 6.45) is 32.0. The van der Waals surface area contributed by atoms with Gasteiger partial charge in [0.25, 0.3) is 0 Å². The van der Waals surface area contributed by atoms with E-state index in [0.717, 1.165) is 181 Å². The Morgan fingerprint density at radius 1 is 0.355 bits per heavy atom. The summed E-state index contributed by atoms with van der Waals surface area (Å²) in [5.41, 5.74) is 4.88. The number of rotatable bonds is 26. The van der Waals surface area contributed by atoms with Gasteiger partial charge in [-0.2, -0.15) is 0 Å². The van der Waals surface area contributed by atoms with Crippen LogP contribution in [0.1, 0.15) is 234 Å². The first-order valence-corrected chi connectivity index (χ1v) is 78.0. The molecule has 14 nitrogen and oxygen atoms in total. The Kier molecular flexibility index (Phi) is 101. The lowest BCUT2D eigenvalue weighted by molar-refractivity contribution is 0.272. The minimum absolute atomic E-state index is 0.216. The van der Waals surface area contributed by atoms with E-state index in [4.69, 9.17) is 171 Å². The molecule has 0 N–H and O–H groups in total. The van der Waals surface area contributed by atoms with Crippen LogP contribution in [0.5, 0.6) is 0 Å². The quantitative estimate of drug-likeness (QED) is 0.0482. The number of anilines is 2. The van der Waals surface area contributed by atoms with Gasteiger partial charge in [0.2, 0.25) is 0 Å². The number of nitrogens with zero attached hydrogens (tertiary/aromatic N) is 14. The van der Waals surface area contributed by atoms with E-state index in [1.807, 2.05) is 128 Å². The number of likely N-dealkylation sites (tertiary alicyclic amines) is 3. The first-order valence-electron chi connectivity index (χ1n) is 52.5. The van der Waals surface area contributed by atoms with Gasteiger partial charge in [-0.25, -0.2) is 0 Å². The summed E-state index contributed by atoms with van der Waals surface area (Å²) in [4.78, 5) is 46.6. The van der Waals surface area contributed by atoms with Crippen LogP contribution in [0.3, 0.4) is 0 Å². The third-order valence-electron chi connectivity index (χ3n) is 23.6. The van der Waals surface area contributed by atoms with Crippen LogP contribution >= 0.6 is 171 Å². The molecule has 4 aromatic rings. The molecule has 4 aromatic carbocycles. The van der Waals surface area contributed by atoms with Gasteiger partial charge in [-0.3, -0.25) is 0 Å². The van der Waals surface area contributed by atoms with Crippen molar-refractivity contribution in [2.75, 3.05) is 156 Å². The zero-order valence-electron chi connectivity index (χ0n) is 95.4. The maximum atomic E-state index is 5.57. The summed E-state index contributed by atoms with van der Waals surface area (Å²) in [5.74, 6) is 0.515. The van der Waals surface area contributed by atoms with Gasteiger partial charge in [-0.1, -0.05) is 295 Å². The molecule has 0 spiro atoms. The Balaban J connectivity index is -0.000000350. The van der Waals surface area contributed by atoms with Gasteiger partial charge in [0.1, 0.15) is 9.98 Å². The Labute approximate surface area is 983 Å². The molecule has 806 valence electrons. The number of piperidine rings is 1. The highest BCUT2D eigenvalue weighted by Crippen LogP contribution is 2.24. The van der Waals surface area contributed by atoms with Crippen molar-refractivity contribution >= 4 is 396 Å². The van der Waals surface area contributed by atoms with E-state index < -0.39 is 0 Å². The highest BCUT2D eigenvalue weighted by Gasteiger charge is 2.23. The summed E-state index contributed by atoms with van der Waals surface area (Å²) in [5, 5.41) is 0. The van der Waals surface area contributed by atoms with Gasteiger partial charge in [0.15, 0.2) is 0 Å². The summed E-state index contributed by atoms with van der Waals surface area (Å²) in [7, 11) is 18.9. The third kappa shape index (κ3) is 73.4. The Morgan fingerprint density at radius 3 is 0.943 bits per heavy atom. The van der Waals surface area contributed by atoms with Crippen molar-refractivity contribution in [3.8, 4) is 0 Å². The molecule has 1 aliphatic carbocycles. The van der Waals surface area contributed by atoms with Gasteiger partial charge in [-0.15, -0.1) is 0 Å². The molecular weight excluding hydrogens is 2230 g/mol. The van der Waals surface area contributed by atoms with Crippen LogP contribution in [0.2, 0.25) is 0 Å². The Morgan fingerprint density at radius 2 is 0.716 bits per heavy atom. The van der Waals surface area contributed by atoms with E-state index in [2.05, 4.69) is 214 Å². The predicted molar refractivity (Wildman–Crippen MR) is 752 cm³/mol. The van der Waals surface area contributed by atoms with Crippen LogP contribution in [-0.2, 0) is 0 Å². The van der Waals surface area contributed by atoms with Crippen LogP contribution in [0.4, 0.5) is 11.4 Å². The second kappa shape index (κ2) is 94.5. The van der Waals surface area contributed by atoms with E-state index in [1.165, 1.54) is 276 Å². The smallest absolute Gasteiger partial charge is 0.113 e. The fraction of sp³-hybridized carbons (Fsp3) is 0.616. The lowest BCUT2D eigenvalue weighted by Gasteiger charge is -2.36. The SMILES string of the molecule is CC(=S)N(C)C[SiH3].CC(=S)N(C[SiH3])C(C)(C)C.CC(=S)N(C[SiH3])C(C)C.CC(=S)N(C[SiH3])C1CCCC1.CC(=S)N(C[SiH3])c1ccccc1.CC(C)C(=S)N(C[SiH3])C(C)C.CCN(C[SiH3])C(=S)c1ccccc1.CCN(C[SiH3])C(C)=S.CCN(C[SiH3])C(C)=S.CCN(C[SiH3])C(C)=S.[SiH3]CN(C(=S)c1ccccc1)c1ccccc1.[SiH3]CN1CCCC1=S.[SiH3]CN1CCCCC(=S)C1.[SiH3]CN1CCCCC1=S. The van der Waals surface area contributed by atoms with Crippen molar-refractivity contribution in [1.82, 2.24) is 58.8 Å². The molecule has 3 aliphatic heterocycles. The number of hydrogen-bond donors (Lipinski definition) is 0. The minimum Gasteiger partial charge on any atom is -0.373 e. The zero-order valence-corrected chi connectivity index (χ0v) is 135. The summed E-state index contributed by atoms with van der Waals surface area (Å²) >= 11 is 72.0. The molecule has 0 unspecified atom stereocenters. The van der Waals surface area contributed by atoms with Crippen molar-refractivity contribution in [2.45, 2.75) is 246 Å². The van der Waals surface area contributed by atoms with Gasteiger partial charge in [-0.05, 0) is 233 Å². The Bertz CT molecular complexity index is 3960. The van der Waals surface area contributed by atoms with E-state index in [-0.39, 0.29) is 5.54 Å². The average Bonchev–Trinajstić information content (AvgIpc) is 1.77. The van der Waals surface area contributed by atoms with Gasteiger partial charge in [0, 0.05) is 333 Å². The molecule has 0 aromatic heterocycles. The molecule has 0 bridgehead atoms. The van der Waals surface area contributed by atoms with Crippen LogP contribution in [0.15, 0.2) is 121 Å². The normalized spacial score (nSPS) is 12.9. The molecule has 42 heteroatoms. The third-order valence-corrected chi connectivity index (χ3v) is 38.9. The molecule has 8 rings (SSSR count). The largest absolute Gasteiger partial charge is 0.373 e. The average molecular weight is 2430 g/mol. The molecule has 0 amide bonds. The van der Waals surface area contributed by atoms with E-state index in [1.54, 1.807) is 0 Å². The summed E-state index contributed by atoms with van der Waals surface area (Å²) in [6.45, 7) is 53.2. The topological polar surface area (TPSA) is 45.4 Å². The van der Waals surface area contributed by atoms with Crippen LogP contribution in [-0.4, -0.2) is 441 Å². The van der Waals surface area contributed by atoms with Crippen molar-refractivity contribution in [2.24, 2.45) is 5.92 Å². The number of benzene rings is 4. The number of para-hydroxylation sites is 2. The van der Waals surface area contributed by atoms with E-state index >= 15 is 0 Å². The van der Waals surface area contributed by atoms with Crippen molar-refractivity contribution in [1.29, 1.82) is 0 Å². The lowest BCUT2D eigenvalue weighted by atomic mass is 10.1. The summed E-state index contributed by atoms with van der Waals surface area (Å²) < 4.78 is 0. The Hall–Kier alpha value is -1.46. The zero-order chi connectivity index (χ0) is 109. The van der Waals surface area contributed by atoms with Crippen LogP contribution in [0.25, 0.3) is 0 Å².